The number of rotatable bonds is 3. The second-order valence-corrected chi connectivity index (χ2v) is 3.17. The minimum absolute atomic E-state index is 0.00317. The van der Waals surface area contributed by atoms with Crippen LogP contribution in [-0.4, -0.2) is 23.3 Å². The van der Waals surface area contributed by atoms with E-state index in [1.807, 2.05) is 0 Å². The van der Waals surface area contributed by atoms with E-state index < -0.39 is 4.92 Å². The smallest absolute Gasteiger partial charge is 0.278 e. The van der Waals surface area contributed by atoms with E-state index in [0.717, 1.165) is 0 Å². The van der Waals surface area contributed by atoms with Crippen LogP contribution in [0.2, 0.25) is 0 Å². The molecule has 0 fully saturated rings. The van der Waals surface area contributed by atoms with E-state index in [1.54, 1.807) is 25.2 Å². The van der Waals surface area contributed by atoms with Crippen molar-refractivity contribution >= 4 is 29.2 Å². The maximum absolute atomic E-state index is 10.7. The van der Waals surface area contributed by atoms with Crippen LogP contribution in [0.5, 0.6) is 0 Å². The maximum Gasteiger partial charge on any atom is 0.278 e. The zero-order chi connectivity index (χ0) is 12.0. The van der Waals surface area contributed by atoms with E-state index in [-0.39, 0.29) is 5.69 Å². The Bertz CT molecular complexity index is 433. The van der Waals surface area contributed by atoms with E-state index in [9.17, 15) is 10.1 Å². The van der Waals surface area contributed by atoms with Crippen LogP contribution in [0.1, 0.15) is 5.56 Å². The molecule has 1 aromatic rings. The Morgan fingerprint density at radius 2 is 2.25 bits per heavy atom. The summed E-state index contributed by atoms with van der Waals surface area (Å²) < 4.78 is 0. The zero-order valence-electron chi connectivity index (χ0n) is 8.51. The lowest BCUT2D eigenvalue weighted by Crippen LogP contribution is -2.28. The van der Waals surface area contributed by atoms with Gasteiger partial charge in [0.2, 0.25) is 0 Å². The van der Waals surface area contributed by atoms with Gasteiger partial charge in [-0.3, -0.25) is 15.5 Å². The number of nitro groups is 1. The van der Waals surface area contributed by atoms with Crippen molar-refractivity contribution in [3.63, 3.8) is 0 Å². The van der Waals surface area contributed by atoms with Crippen molar-refractivity contribution in [3.8, 4) is 0 Å². The van der Waals surface area contributed by atoms with Gasteiger partial charge in [-0.15, -0.1) is 0 Å². The molecular formula is C9H10N4O2S. The second-order valence-electron chi connectivity index (χ2n) is 2.77. The highest BCUT2D eigenvalue weighted by molar-refractivity contribution is 7.80. The molecule has 0 heterocycles. The monoisotopic (exact) mass is 238 g/mol. The maximum atomic E-state index is 10.7. The molecule has 84 valence electrons. The number of benzene rings is 1. The highest BCUT2D eigenvalue weighted by atomic mass is 32.1. The average Bonchev–Trinajstić information content (AvgIpc) is 2.29. The molecule has 0 radical (unpaired) electrons. The van der Waals surface area contributed by atoms with Gasteiger partial charge in [0.15, 0.2) is 5.11 Å². The normalized spacial score (nSPS) is 10.1. The lowest BCUT2D eigenvalue weighted by molar-refractivity contribution is -0.385. The average molecular weight is 238 g/mol. The first kappa shape index (κ1) is 12.1. The summed E-state index contributed by atoms with van der Waals surface area (Å²) in [4.78, 5) is 10.2. The molecule has 7 heteroatoms. The van der Waals surface area contributed by atoms with Gasteiger partial charge in [0, 0.05) is 13.1 Å². The van der Waals surface area contributed by atoms with Crippen molar-refractivity contribution in [1.82, 2.24) is 10.7 Å². The standard InChI is InChI=1S/C9H10N4O2S/c1-10-9(16)12-11-6-7-4-2-3-5-8(7)13(14)15/h2-6H,1H3,(H2,10,12,16). The Hall–Kier alpha value is -2.02. The van der Waals surface area contributed by atoms with Gasteiger partial charge < -0.3 is 5.32 Å². The number of hydrogen-bond donors (Lipinski definition) is 2. The Kier molecular flexibility index (Phi) is 4.34. The third kappa shape index (κ3) is 3.28. The fourth-order valence-electron chi connectivity index (χ4n) is 0.979. The molecule has 16 heavy (non-hydrogen) atoms. The van der Waals surface area contributed by atoms with Crippen LogP contribution in [-0.2, 0) is 0 Å². The first-order valence-electron chi connectivity index (χ1n) is 4.39. The van der Waals surface area contributed by atoms with E-state index in [2.05, 4.69) is 15.8 Å². The Balaban J connectivity index is 2.80. The predicted octanol–water partition coefficient (Wildman–Crippen LogP) is 1.02. The SMILES string of the molecule is CNC(=S)NN=Cc1ccccc1[N+](=O)[O-]. The van der Waals surface area contributed by atoms with E-state index in [1.165, 1.54) is 12.3 Å². The minimum Gasteiger partial charge on any atom is -0.364 e. The lowest BCUT2D eigenvalue weighted by atomic mass is 10.2. The molecule has 2 N–H and O–H groups in total. The molecule has 6 nitrogen and oxygen atoms in total. The third-order valence-electron chi connectivity index (χ3n) is 1.73. The number of nitrogens with zero attached hydrogens (tertiary/aromatic N) is 2. The molecule has 0 aromatic heterocycles. The van der Waals surface area contributed by atoms with E-state index in [4.69, 9.17) is 12.2 Å². The summed E-state index contributed by atoms with van der Waals surface area (Å²) in [6, 6.07) is 6.31. The minimum atomic E-state index is -0.461. The molecule has 0 aliphatic rings. The van der Waals surface area contributed by atoms with Crippen molar-refractivity contribution in [2.45, 2.75) is 0 Å². The summed E-state index contributed by atoms with van der Waals surface area (Å²) in [5.74, 6) is 0. The molecule has 0 unspecified atom stereocenters. The largest absolute Gasteiger partial charge is 0.364 e. The van der Waals surface area contributed by atoms with Gasteiger partial charge in [-0.25, -0.2) is 0 Å². The molecule has 0 aliphatic heterocycles. The van der Waals surface area contributed by atoms with E-state index >= 15 is 0 Å². The highest BCUT2D eigenvalue weighted by Crippen LogP contribution is 2.14. The molecule has 0 atom stereocenters. The van der Waals surface area contributed by atoms with Crippen LogP contribution < -0.4 is 10.7 Å². The molecular weight excluding hydrogens is 228 g/mol. The summed E-state index contributed by atoms with van der Waals surface area (Å²) in [6.45, 7) is 0. The Labute approximate surface area is 97.5 Å². The fraction of sp³-hybridized carbons (Fsp3) is 0.111. The van der Waals surface area contributed by atoms with Crippen LogP contribution in [0.4, 0.5) is 5.69 Å². The quantitative estimate of drug-likeness (QED) is 0.356. The van der Waals surface area contributed by atoms with Crippen molar-refractivity contribution in [3.05, 3.63) is 39.9 Å². The van der Waals surface area contributed by atoms with Crippen molar-refractivity contribution < 1.29 is 4.92 Å². The first-order valence-corrected chi connectivity index (χ1v) is 4.80. The molecule has 0 saturated carbocycles. The topological polar surface area (TPSA) is 79.6 Å². The van der Waals surface area contributed by atoms with E-state index in [0.29, 0.717) is 10.7 Å². The Morgan fingerprint density at radius 3 is 2.88 bits per heavy atom. The molecule has 0 spiro atoms. The van der Waals surface area contributed by atoms with Crippen molar-refractivity contribution in [1.29, 1.82) is 0 Å². The number of thiocarbonyl (C=S) groups is 1. The summed E-state index contributed by atoms with van der Waals surface area (Å²) in [7, 11) is 1.65. The molecule has 1 aromatic carbocycles. The molecule has 1 rings (SSSR count). The van der Waals surface area contributed by atoms with Gasteiger partial charge in [-0.2, -0.15) is 5.10 Å². The summed E-state index contributed by atoms with van der Waals surface area (Å²) in [5, 5.41) is 17.4. The van der Waals surface area contributed by atoms with Gasteiger partial charge in [-0.1, -0.05) is 12.1 Å². The number of para-hydroxylation sites is 1. The number of hydrogen-bond acceptors (Lipinski definition) is 4. The van der Waals surface area contributed by atoms with Crippen molar-refractivity contribution in [2.75, 3.05) is 7.05 Å². The van der Waals surface area contributed by atoms with Crippen LogP contribution in [0.3, 0.4) is 0 Å². The first-order chi connectivity index (χ1) is 7.65. The number of nitrogens with one attached hydrogen (secondary N) is 2. The van der Waals surface area contributed by atoms with Gasteiger partial charge in [0.25, 0.3) is 5.69 Å². The highest BCUT2D eigenvalue weighted by Gasteiger charge is 2.09. The molecule has 0 saturated heterocycles. The number of nitro benzene ring substituents is 1. The predicted molar refractivity (Wildman–Crippen MR) is 65.5 cm³/mol. The van der Waals surface area contributed by atoms with Crippen LogP contribution in [0.15, 0.2) is 29.4 Å². The summed E-state index contributed by atoms with van der Waals surface area (Å²) in [5.41, 5.74) is 2.93. The fourth-order valence-corrected chi connectivity index (χ4v) is 1.03. The molecule has 0 aliphatic carbocycles. The van der Waals surface area contributed by atoms with Crippen LogP contribution >= 0.6 is 12.2 Å². The van der Waals surface area contributed by atoms with Gasteiger partial charge in [0.05, 0.1) is 16.7 Å². The second kappa shape index (κ2) is 5.76. The lowest BCUT2D eigenvalue weighted by Gasteiger charge is -1.99. The zero-order valence-corrected chi connectivity index (χ0v) is 9.32. The molecule has 0 bridgehead atoms. The summed E-state index contributed by atoms with van der Waals surface area (Å²) >= 11 is 4.79. The van der Waals surface area contributed by atoms with Gasteiger partial charge in [0.1, 0.15) is 0 Å². The Morgan fingerprint density at radius 1 is 1.56 bits per heavy atom. The molecule has 0 amide bonds. The summed E-state index contributed by atoms with van der Waals surface area (Å²) in [6.07, 6.45) is 1.35. The number of hydrazone groups is 1. The van der Waals surface area contributed by atoms with Crippen LogP contribution in [0.25, 0.3) is 0 Å². The van der Waals surface area contributed by atoms with Gasteiger partial charge in [-0.05, 0) is 18.3 Å². The van der Waals surface area contributed by atoms with Crippen LogP contribution in [0, 0.1) is 10.1 Å². The van der Waals surface area contributed by atoms with Gasteiger partial charge >= 0.3 is 0 Å². The third-order valence-corrected chi connectivity index (χ3v) is 2.03. The van der Waals surface area contributed by atoms with Crippen molar-refractivity contribution in [2.24, 2.45) is 5.10 Å².